The smallest absolute Gasteiger partial charge is 0.224 e. The van der Waals surface area contributed by atoms with Gasteiger partial charge >= 0.3 is 0 Å². The van der Waals surface area contributed by atoms with Crippen LogP contribution >= 0.6 is 34.4 Å². The number of amides is 1. The van der Waals surface area contributed by atoms with Gasteiger partial charge in [-0.25, -0.2) is 0 Å². The lowest BCUT2D eigenvalue weighted by molar-refractivity contribution is -0.130. The molecule has 1 amide bonds. The molecule has 1 unspecified atom stereocenters. The summed E-state index contributed by atoms with van der Waals surface area (Å²) in [5, 5.41) is 3.54. The van der Waals surface area contributed by atoms with Crippen molar-refractivity contribution in [2.75, 3.05) is 32.4 Å². The molecule has 5 heteroatoms. The number of halogens is 1. The van der Waals surface area contributed by atoms with Crippen molar-refractivity contribution in [3.05, 3.63) is 12.7 Å². The van der Waals surface area contributed by atoms with Crippen LogP contribution in [0.25, 0.3) is 0 Å². The summed E-state index contributed by atoms with van der Waals surface area (Å²) in [6.07, 6.45) is 2.40. The molecule has 0 aliphatic carbocycles. The van der Waals surface area contributed by atoms with E-state index in [1.807, 2.05) is 29.8 Å². The van der Waals surface area contributed by atoms with E-state index in [1.54, 1.807) is 0 Å². The lowest BCUT2D eigenvalue weighted by Gasteiger charge is -2.30. The SMILES string of the molecule is C=CCN(CC(C)(C)I)C(=O)CC(CNC)SCC(C)(C)C. The van der Waals surface area contributed by atoms with E-state index in [1.165, 1.54) is 0 Å². The number of nitrogens with one attached hydrogen (secondary N) is 1. The Morgan fingerprint density at radius 1 is 1.36 bits per heavy atom. The van der Waals surface area contributed by atoms with Crippen LogP contribution in [0.4, 0.5) is 0 Å². The summed E-state index contributed by atoms with van der Waals surface area (Å²) in [6, 6.07) is 0. The van der Waals surface area contributed by atoms with Crippen molar-refractivity contribution < 1.29 is 4.79 Å². The van der Waals surface area contributed by atoms with Crippen molar-refractivity contribution in [2.24, 2.45) is 5.41 Å². The molecule has 0 fully saturated rings. The van der Waals surface area contributed by atoms with Crippen LogP contribution in [-0.2, 0) is 4.79 Å². The Labute approximate surface area is 155 Å². The molecule has 3 nitrogen and oxygen atoms in total. The highest BCUT2D eigenvalue weighted by atomic mass is 127. The molecule has 1 atom stereocenters. The molecule has 0 spiro atoms. The molecule has 0 aromatic carbocycles. The highest BCUT2D eigenvalue weighted by Gasteiger charge is 2.24. The molecule has 0 rings (SSSR count). The predicted molar refractivity (Wildman–Crippen MR) is 109 cm³/mol. The fraction of sp³-hybridized carbons (Fsp3) is 0.824. The van der Waals surface area contributed by atoms with E-state index in [0.29, 0.717) is 18.2 Å². The zero-order chi connectivity index (χ0) is 17.4. The van der Waals surface area contributed by atoms with E-state index >= 15 is 0 Å². The molecule has 22 heavy (non-hydrogen) atoms. The number of alkyl halides is 1. The van der Waals surface area contributed by atoms with Crippen LogP contribution in [0.1, 0.15) is 41.0 Å². The van der Waals surface area contributed by atoms with Gasteiger partial charge in [-0.2, -0.15) is 11.8 Å². The Morgan fingerprint density at radius 3 is 2.36 bits per heavy atom. The molecule has 130 valence electrons. The van der Waals surface area contributed by atoms with Gasteiger partial charge in [-0.15, -0.1) is 6.58 Å². The lowest BCUT2D eigenvalue weighted by Crippen LogP contribution is -2.41. The van der Waals surface area contributed by atoms with E-state index in [0.717, 1.165) is 18.8 Å². The predicted octanol–water partition coefficient (Wildman–Crippen LogP) is 3.97. The highest BCUT2D eigenvalue weighted by molar-refractivity contribution is 14.1. The maximum absolute atomic E-state index is 12.7. The lowest BCUT2D eigenvalue weighted by atomic mass is 10.0. The van der Waals surface area contributed by atoms with Gasteiger partial charge in [-0.1, -0.05) is 49.4 Å². The van der Waals surface area contributed by atoms with Gasteiger partial charge in [-0.3, -0.25) is 4.79 Å². The average molecular weight is 440 g/mol. The average Bonchev–Trinajstić information content (AvgIpc) is 2.33. The summed E-state index contributed by atoms with van der Waals surface area (Å²) in [5.74, 6) is 1.29. The molecule has 0 saturated carbocycles. The van der Waals surface area contributed by atoms with Crippen molar-refractivity contribution >= 4 is 40.3 Å². The maximum Gasteiger partial charge on any atom is 0.224 e. The molecule has 0 aliphatic rings. The van der Waals surface area contributed by atoms with Crippen LogP contribution in [0.2, 0.25) is 0 Å². The number of hydrogen-bond donors (Lipinski definition) is 1. The van der Waals surface area contributed by atoms with Crippen LogP contribution in [-0.4, -0.2) is 51.9 Å². The molecule has 1 N–H and O–H groups in total. The minimum absolute atomic E-state index is 0.0769. The molecule has 0 aliphatic heterocycles. The maximum atomic E-state index is 12.7. The van der Waals surface area contributed by atoms with Crippen molar-refractivity contribution in [2.45, 2.75) is 49.7 Å². The molecule has 0 aromatic rings. The van der Waals surface area contributed by atoms with Gasteiger partial charge in [0.25, 0.3) is 0 Å². The van der Waals surface area contributed by atoms with Crippen LogP contribution in [0.15, 0.2) is 12.7 Å². The number of rotatable bonds is 10. The molecular weight excluding hydrogens is 407 g/mol. The van der Waals surface area contributed by atoms with E-state index in [4.69, 9.17) is 0 Å². The van der Waals surface area contributed by atoms with Crippen molar-refractivity contribution in [3.8, 4) is 0 Å². The Balaban J connectivity index is 4.70. The second-order valence-electron chi connectivity index (χ2n) is 7.54. The molecule has 0 saturated heterocycles. The second kappa shape index (κ2) is 10.2. The summed E-state index contributed by atoms with van der Waals surface area (Å²) in [7, 11) is 1.95. The summed E-state index contributed by atoms with van der Waals surface area (Å²) in [4.78, 5) is 14.6. The van der Waals surface area contributed by atoms with E-state index in [2.05, 4.69) is 69.1 Å². The minimum Gasteiger partial charge on any atom is -0.338 e. The second-order valence-corrected chi connectivity index (χ2v) is 11.7. The van der Waals surface area contributed by atoms with Gasteiger partial charge in [0.1, 0.15) is 0 Å². The number of nitrogens with zero attached hydrogens (tertiary/aromatic N) is 1. The summed E-state index contributed by atoms with van der Waals surface area (Å²) in [6.45, 7) is 17.0. The van der Waals surface area contributed by atoms with Gasteiger partial charge in [0, 0.05) is 34.7 Å². The Bertz CT molecular complexity index is 348. The third kappa shape index (κ3) is 11.8. The summed E-state index contributed by atoms with van der Waals surface area (Å²) in [5.41, 5.74) is 0.282. The fourth-order valence-electron chi connectivity index (χ4n) is 1.97. The fourth-order valence-corrected chi connectivity index (χ4v) is 3.67. The first-order valence-electron chi connectivity index (χ1n) is 7.82. The Hall–Kier alpha value is 0.250. The number of carbonyl (C=O) groups excluding carboxylic acids is 1. The van der Waals surface area contributed by atoms with Crippen LogP contribution in [0.3, 0.4) is 0 Å². The highest BCUT2D eigenvalue weighted by Crippen LogP contribution is 2.26. The van der Waals surface area contributed by atoms with Crippen molar-refractivity contribution in [1.29, 1.82) is 0 Å². The van der Waals surface area contributed by atoms with Gasteiger partial charge < -0.3 is 10.2 Å². The first kappa shape index (κ1) is 22.2. The monoisotopic (exact) mass is 440 g/mol. The first-order chi connectivity index (χ1) is 9.98. The zero-order valence-corrected chi connectivity index (χ0v) is 18.0. The number of hydrogen-bond acceptors (Lipinski definition) is 3. The third-order valence-corrected chi connectivity index (χ3v) is 5.03. The Morgan fingerprint density at radius 2 is 1.95 bits per heavy atom. The summed E-state index contributed by atoms with van der Waals surface area (Å²) < 4.78 is 0.0769. The van der Waals surface area contributed by atoms with E-state index in [9.17, 15) is 4.79 Å². The standard InChI is InChI=1S/C17H33IN2OS/c1-8-9-20(12-17(5,6)18)15(21)10-14(11-19-7)22-13-16(2,3)4/h8,14,19H,1,9-13H2,2-7H3. The van der Waals surface area contributed by atoms with Crippen LogP contribution < -0.4 is 5.32 Å². The van der Waals surface area contributed by atoms with Crippen molar-refractivity contribution in [1.82, 2.24) is 10.2 Å². The van der Waals surface area contributed by atoms with E-state index < -0.39 is 0 Å². The van der Waals surface area contributed by atoms with Gasteiger partial charge in [-0.05, 0) is 32.1 Å². The van der Waals surface area contributed by atoms with Crippen molar-refractivity contribution in [3.63, 3.8) is 0 Å². The topological polar surface area (TPSA) is 32.3 Å². The summed E-state index contributed by atoms with van der Waals surface area (Å²) >= 11 is 4.29. The van der Waals surface area contributed by atoms with Crippen LogP contribution in [0.5, 0.6) is 0 Å². The van der Waals surface area contributed by atoms with Gasteiger partial charge in [0.05, 0.1) is 0 Å². The largest absolute Gasteiger partial charge is 0.338 e. The molecule has 0 radical (unpaired) electrons. The zero-order valence-electron chi connectivity index (χ0n) is 15.0. The first-order valence-corrected chi connectivity index (χ1v) is 9.95. The molecular formula is C17H33IN2OS. The minimum atomic E-state index is 0.0769. The van der Waals surface area contributed by atoms with E-state index in [-0.39, 0.29) is 14.7 Å². The van der Waals surface area contributed by atoms with Gasteiger partial charge in [0.2, 0.25) is 5.91 Å². The molecule has 0 heterocycles. The molecule has 0 aromatic heterocycles. The third-order valence-electron chi connectivity index (χ3n) is 2.86. The number of thioether (sulfide) groups is 1. The Kier molecular flexibility index (Phi) is 10.3. The number of carbonyl (C=O) groups is 1. The molecule has 0 bridgehead atoms. The quantitative estimate of drug-likeness (QED) is 0.317. The van der Waals surface area contributed by atoms with Gasteiger partial charge in [0.15, 0.2) is 0 Å². The normalized spacial score (nSPS) is 13.8. The van der Waals surface area contributed by atoms with Crippen LogP contribution in [0, 0.1) is 5.41 Å².